The average Bonchev–Trinajstić information content (AvgIpc) is 2.59. The summed E-state index contributed by atoms with van der Waals surface area (Å²) in [5.41, 5.74) is 3.86. The van der Waals surface area contributed by atoms with Crippen molar-refractivity contribution in [2.75, 3.05) is 26.2 Å². The molecule has 132 valence electrons. The lowest BCUT2D eigenvalue weighted by Gasteiger charge is -2.51. The van der Waals surface area contributed by atoms with Crippen molar-refractivity contribution in [1.82, 2.24) is 9.80 Å². The minimum absolute atomic E-state index is 0. The molecule has 3 heteroatoms. The van der Waals surface area contributed by atoms with Crippen molar-refractivity contribution in [3.8, 4) is 0 Å². The van der Waals surface area contributed by atoms with E-state index in [1.54, 1.807) is 0 Å². The van der Waals surface area contributed by atoms with Crippen LogP contribution in [0.4, 0.5) is 0 Å². The van der Waals surface area contributed by atoms with Crippen LogP contribution in [0.5, 0.6) is 0 Å². The molecule has 1 aromatic carbocycles. The van der Waals surface area contributed by atoms with Gasteiger partial charge in [-0.25, -0.2) is 0 Å². The largest absolute Gasteiger partial charge is 0.333 e. The second kappa shape index (κ2) is 6.51. The molecule has 4 aliphatic heterocycles. The molecule has 1 aliphatic carbocycles. The Hall–Kier alpha value is -1.35. The number of piperidine rings is 3. The highest BCUT2D eigenvalue weighted by molar-refractivity contribution is 5.97. The van der Waals surface area contributed by atoms with Crippen molar-refractivity contribution in [2.24, 2.45) is 5.92 Å². The van der Waals surface area contributed by atoms with Crippen molar-refractivity contribution in [3.05, 3.63) is 34.9 Å². The summed E-state index contributed by atoms with van der Waals surface area (Å²) in [7, 11) is 0. The summed E-state index contributed by atoms with van der Waals surface area (Å²) in [5.74, 6) is 1.64. The molecule has 0 aromatic heterocycles. The first-order valence-corrected chi connectivity index (χ1v) is 8.96. The van der Waals surface area contributed by atoms with Gasteiger partial charge in [0.1, 0.15) is 0 Å². The minimum Gasteiger partial charge on any atom is -0.333 e. The summed E-state index contributed by atoms with van der Waals surface area (Å²) in [6.45, 7) is 4.57. The number of hydrogen-bond donors (Lipinski definition) is 0. The molecule has 0 saturated carbocycles. The molecule has 1 amide bonds. The fourth-order valence-electron chi connectivity index (χ4n) is 5.41. The lowest BCUT2D eigenvalue weighted by molar-refractivity contribution is 0.00258. The molecule has 0 unspecified atom stereocenters. The number of amides is 1. The highest BCUT2D eigenvalue weighted by Gasteiger charge is 2.43. The van der Waals surface area contributed by atoms with Gasteiger partial charge in [0.2, 0.25) is 0 Å². The molecular weight excluding hydrogens is 296 g/mol. The van der Waals surface area contributed by atoms with E-state index in [4.69, 9.17) is 0 Å². The molecule has 1 aromatic rings. The van der Waals surface area contributed by atoms with Gasteiger partial charge in [0.05, 0.1) is 0 Å². The molecule has 3 nitrogen and oxygen atoms in total. The molecule has 24 heavy (non-hydrogen) atoms. The molecule has 0 radical (unpaired) electrons. The first kappa shape index (κ1) is 17.5. The van der Waals surface area contributed by atoms with E-state index in [2.05, 4.69) is 28.0 Å². The van der Waals surface area contributed by atoms with E-state index in [0.717, 1.165) is 31.0 Å². The maximum absolute atomic E-state index is 13.1. The van der Waals surface area contributed by atoms with E-state index >= 15 is 0 Å². The van der Waals surface area contributed by atoms with Crippen LogP contribution in [0, 0.1) is 5.92 Å². The van der Waals surface area contributed by atoms with Gasteiger partial charge in [-0.15, -0.1) is 0 Å². The van der Waals surface area contributed by atoms with Crippen LogP contribution in [0.1, 0.15) is 67.9 Å². The van der Waals surface area contributed by atoms with Gasteiger partial charge in [0.25, 0.3) is 5.91 Å². The third kappa shape index (κ3) is 2.48. The second-order valence-electron chi connectivity index (χ2n) is 7.63. The van der Waals surface area contributed by atoms with Crippen molar-refractivity contribution < 1.29 is 4.79 Å². The zero-order chi connectivity index (χ0) is 14.7. The van der Waals surface area contributed by atoms with E-state index in [1.807, 2.05) is 0 Å². The van der Waals surface area contributed by atoms with Gasteiger partial charge in [-0.1, -0.05) is 27.0 Å². The zero-order valence-corrected chi connectivity index (χ0v) is 13.1. The molecular formula is C21H32N2O. The summed E-state index contributed by atoms with van der Waals surface area (Å²) in [4.78, 5) is 18.0. The van der Waals surface area contributed by atoms with E-state index in [1.165, 1.54) is 49.9 Å². The lowest BCUT2D eigenvalue weighted by atomic mass is 9.75. The van der Waals surface area contributed by atoms with Crippen LogP contribution in [0.2, 0.25) is 0 Å². The molecule has 6 rings (SSSR count). The predicted molar refractivity (Wildman–Crippen MR) is 99.6 cm³/mol. The number of carbonyl (C=O) groups excluding carboxylic acids is 1. The fourth-order valence-corrected chi connectivity index (χ4v) is 5.41. The topological polar surface area (TPSA) is 23.6 Å². The molecule has 0 N–H and O–H groups in total. The van der Waals surface area contributed by atoms with Crippen molar-refractivity contribution in [3.63, 3.8) is 0 Å². The van der Waals surface area contributed by atoms with Crippen LogP contribution in [0.3, 0.4) is 0 Å². The van der Waals surface area contributed by atoms with Crippen molar-refractivity contribution in [2.45, 2.75) is 58.9 Å². The molecule has 5 aliphatic rings. The van der Waals surface area contributed by atoms with Crippen molar-refractivity contribution >= 4 is 5.91 Å². The summed E-state index contributed by atoms with van der Waals surface area (Å²) in [6.07, 6.45) is 6.27. The van der Waals surface area contributed by atoms with Gasteiger partial charge in [0.15, 0.2) is 0 Å². The first-order chi connectivity index (χ1) is 10.8. The minimum atomic E-state index is 0. The van der Waals surface area contributed by atoms with E-state index < -0.39 is 0 Å². The fraction of sp³-hybridized carbons (Fsp3) is 0.667. The smallest absolute Gasteiger partial charge is 0.254 e. The van der Waals surface area contributed by atoms with Gasteiger partial charge in [-0.2, -0.15) is 0 Å². The molecule has 0 spiro atoms. The van der Waals surface area contributed by atoms with Crippen LogP contribution in [-0.4, -0.2) is 47.9 Å². The van der Waals surface area contributed by atoms with Crippen LogP contribution < -0.4 is 0 Å². The molecule has 2 bridgehead atoms. The SMILES string of the molecule is C.C.O=C1c2cccc3c2[C@H](CCC3)CN1[C@@H]1CN2CCC1CC2. The van der Waals surface area contributed by atoms with Gasteiger partial charge in [0, 0.05) is 30.6 Å². The molecule has 2 atom stereocenters. The van der Waals surface area contributed by atoms with E-state index in [9.17, 15) is 4.79 Å². The number of nitrogens with zero attached hydrogens (tertiary/aromatic N) is 2. The highest BCUT2D eigenvalue weighted by atomic mass is 16.2. The molecule has 4 heterocycles. The second-order valence-corrected chi connectivity index (χ2v) is 7.63. The first-order valence-electron chi connectivity index (χ1n) is 8.96. The van der Waals surface area contributed by atoms with Crippen LogP contribution >= 0.6 is 0 Å². The lowest BCUT2D eigenvalue weighted by Crippen LogP contribution is -2.60. The standard InChI is InChI=1S/C19H24N2O.2CH4/c22-19-16-6-2-4-14-3-1-5-15(18(14)16)11-21(19)17-12-20-9-7-13(17)8-10-20;;/h2,4,6,13,15,17H,1,3,5,7-12H2;2*1H4/t15-,17-;;/m1../s1. The van der Waals surface area contributed by atoms with Gasteiger partial charge < -0.3 is 9.80 Å². The third-order valence-electron chi connectivity index (χ3n) is 6.53. The van der Waals surface area contributed by atoms with Crippen LogP contribution in [0.15, 0.2) is 18.2 Å². The maximum Gasteiger partial charge on any atom is 0.254 e. The highest BCUT2D eigenvalue weighted by Crippen LogP contribution is 2.41. The van der Waals surface area contributed by atoms with E-state index in [-0.39, 0.29) is 14.9 Å². The molecule has 3 fully saturated rings. The Labute approximate surface area is 147 Å². The average molecular weight is 329 g/mol. The number of carbonyl (C=O) groups is 1. The summed E-state index contributed by atoms with van der Waals surface area (Å²) in [6, 6.07) is 6.87. The zero-order valence-electron chi connectivity index (χ0n) is 13.1. The number of rotatable bonds is 1. The van der Waals surface area contributed by atoms with Gasteiger partial charge in [-0.05, 0) is 68.3 Å². The third-order valence-corrected chi connectivity index (χ3v) is 6.53. The van der Waals surface area contributed by atoms with E-state index in [0.29, 0.717) is 17.9 Å². The van der Waals surface area contributed by atoms with Gasteiger partial charge >= 0.3 is 0 Å². The molecule has 3 saturated heterocycles. The summed E-state index contributed by atoms with van der Waals surface area (Å²) in [5, 5.41) is 0. The van der Waals surface area contributed by atoms with Gasteiger partial charge in [-0.3, -0.25) is 4.79 Å². The Morgan fingerprint density at radius 2 is 1.79 bits per heavy atom. The van der Waals surface area contributed by atoms with Crippen molar-refractivity contribution in [1.29, 1.82) is 0 Å². The Balaban J connectivity index is 0.000000845. The Morgan fingerprint density at radius 1 is 1.00 bits per heavy atom. The normalized spacial score (nSPS) is 33.3. The number of benzene rings is 1. The summed E-state index contributed by atoms with van der Waals surface area (Å²) >= 11 is 0. The van der Waals surface area contributed by atoms with Crippen LogP contribution in [0.25, 0.3) is 0 Å². The Bertz CT molecular complexity index is 618. The Kier molecular flexibility index (Phi) is 4.74. The van der Waals surface area contributed by atoms with Crippen LogP contribution in [-0.2, 0) is 6.42 Å². The predicted octanol–water partition coefficient (Wildman–Crippen LogP) is 3.93. The number of aryl methyl sites for hydroxylation is 1. The maximum atomic E-state index is 13.1. The quantitative estimate of drug-likeness (QED) is 0.780. The number of fused-ring (bicyclic) bond motifs is 3. The summed E-state index contributed by atoms with van der Waals surface area (Å²) < 4.78 is 0. The Morgan fingerprint density at radius 3 is 2.50 bits per heavy atom. The number of hydrogen-bond acceptors (Lipinski definition) is 2. The monoisotopic (exact) mass is 328 g/mol.